The topological polar surface area (TPSA) is 98.7 Å². The summed E-state index contributed by atoms with van der Waals surface area (Å²) in [7, 11) is 0. The van der Waals surface area contributed by atoms with Crippen molar-refractivity contribution < 1.29 is 19.5 Å². The maximum atomic E-state index is 14.3. The summed E-state index contributed by atoms with van der Waals surface area (Å²) in [6, 6.07) is 17.0. The van der Waals surface area contributed by atoms with E-state index in [1.165, 1.54) is 0 Å². The van der Waals surface area contributed by atoms with Crippen molar-refractivity contribution in [1.29, 1.82) is 0 Å². The Hall–Kier alpha value is -2.84. The third kappa shape index (κ3) is 3.82. The molecule has 3 heterocycles. The van der Waals surface area contributed by atoms with Gasteiger partial charge in [-0.15, -0.1) is 11.8 Å². The van der Waals surface area contributed by atoms with E-state index >= 15 is 0 Å². The minimum absolute atomic E-state index is 0.0431. The van der Waals surface area contributed by atoms with E-state index < -0.39 is 28.7 Å². The van der Waals surface area contributed by atoms with Crippen molar-refractivity contribution in [1.82, 2.24) is 10.2 Å². The molecule has 3 amide bonds. The minimum atomic E-state index is -0.783. The highest BCUT2D eigenvalue weighted by Gasteiger charge is 2.76. The van der Waals surface area contributed by atoms with Gasteiger partial charge in [0, 0.05) is 17.0 Å². The summed E-state index contributed by atoms with van der Waals surface area (Å²) in [5.74, 6) is -1.76. The zero-order chi connectivity index (χ0) is 25.6. The van der Waals surface area contributed by atoms with E-state index in [9.17, 15) is 19.5 Å². The molecule has 2 aromatic carbocycles. The molecule has 3 aliphatic rings. The van der Waals surface area contributed by atoms with Gasteiger partial charge in [0.05, 0.1) is 29.2 Å². The summed E-state index contributed by atoms with van der Waals surface area (Å²) in [6.07, 6.45) is 0.760. The first-order valence-electron chi connectivity index (χ1n) is 12.6. The first kappa shape index (κ1) is 24.8. The van der Waals surface area contributed by atoms with Crippen molar-refractivity contribution in [3.05, 3.63) is 66.2 Å². The second-order valence-electron chi connectivity index (χ2n) is 10.4. The van der Waals surface area contributed by atoms with Gasteiger partial charge in [-0.05, 0) is 43.9 Å². The van der Waals surface area contributed by atoms with Crippen LogP contribution < -0.4 is 10.6 Å². The van der Waals surface area contributed by atoms with Gasteiger partial charge in [0.1, 0.15) is 6.04 Å². The van der Waals surface area contributed by atoms with Crippen LogP contribution in [0.5, 0.6) is 0 Å². The van der Waals surface area contributed by atoms with Gasteiger partial charge in [0.25, 0.3) is 0 Å². The van der Waals surface area contributed by atoms with Gasteiger partial charge >= 0.3 is 0 Å². The van der Waals surface area contributed by atoms with Crippen LogP contribution in [-0.4, -0.2) is 56.4 Å². The molecule has 3 unspecified atom stereocenters. The molecule has 2 bridgehead atoms. The molecule has 36 heavy (non-hydrogen) atoms. The molecule has 190 valence electrons. The molecule has 3 saturated heterocycles. The number of nitrogens with one attached hydrogen (secondary N) is 2. The van der Waals surface area contributed by atoms with E-state index in [-0.39, 0.29) is 41.5 Å². The average Bonchev–Trinajstić information content (AvgIpc) is 3.44. The molecule has 1 spiro atoms. The second kappa shape index (κ2) is 9.56. The van der Waals surface area contributed by atoms with Gasteiger partial charge in [-0.3, -0.25) is 14.4 Å². The van der Waals surface area contributed by atoms with Gasteiger partial charge in [0.15, 0.2) is 0 Å². The van der Waals surface area contributed by atoms with E-state index in [1.807, 2.05) is 74.5 Å². The van der Waals surface area contributed by atoms with Crippen LogP contribution in [-0.2, 0) is 14.4 Å². The molecule has 8 heteroatoms. The molecule has 0 aromatic heterocycles. The zero-order valence-electron chi connectivity index (χ0n) is 20.8. The Balaban J connectivity index is 1.58. The van der Waals surface area contributed by atoms with Crippen molar-refractivity contribution in [2.75, 3.05) is 11.9 Å². The van der Waals surface area contributed by atoms with Gasteiger partial charge in [-0.2, -0.15) is 0 Å². The van der Waals surface area contributed by atoms with Crippen LogP contribution in [0.2, 0.25) is 0 Å². The van der Waals surface area contributed by atoms with E-state index in [0.29, 0.717) is 5.69 Å². The number of para-hydroxylation sites is 1. The summed E-state index contributed by atoms with van der Waals surface area (Å²) in [5.41, 5.74) is 1.45. The third-order valence-corrected chi connectivity index (χ3v) is 9.98. The fraction of sp³-hybridized carbons (Fsp3) is 0.464. The molecule has 3 fully saturated rings. The number of amides is 3. The summed E-state index contributed by atoms with van der Waals surface area (Å²) < 4.78 is -0.735. The standard InChI is InChI=1S/C28H33N3O4S/c1-16(2)29-26(34)24-28-17(3)14-21(36-28)22(25(33)30-19-12-8-5-9-13-19)23(28)27(35)31(24)20(15-32)18-10-6-4-7-11-18/h4-13,16-17,20-24,32H,14-15H2,1-3H3,(H,29,34)(H,30,33)/t17?,20-,21+,22-,23+,24?,28?/m1/s1. The molecule has 0 radical (unpaired) electrons. The lowest BCUT2D eigenvalue weighted by Gasteiger charge is -2.40. The third-order valence-electron chi connectivity index (χ3n) is 7.90. The Labute approximate surface area is 216 Å². The number of carbonyl (C=O) groups is 3. The Morgan fingerprint density at radius 3 is 2.33 bits per heavy atom. The van der Waals surface area contributed by atoms with E-state index in [4.69, 9.17) is 0 Å². The molecule has 0 aliphatic carbocycles. The van der Waals surface area contributed by atoms with E-state index in [0.717, 1.165) is 12.0 Å². The fourth-order valence-electron chi connectivity index (χ4n) is 6.53. The van der Waals surface area contributed by atoms with Crippen LogP contribution in [0.15, 0.2) is 60.7 Å². The van der Waals surface area contributed by atoms with Crippen molar-refractivity contribution >= 4 is 35.2 Å². The lowest BCUT2D eigenvalue weighted by atomic mass is 9.65. The van der Waals surface area contributed by atoms with Crippen LogP contribution in [0, 0.1) is 17.8 Å². The number of likely N-dealkylation sites (tertiary alicyclic amines) is 1. The number of hydrogen-bond donors (Lipinski definition) is 3. The molecule has 7 atom stereocenters. The first-order valence-corrected chi connectivity index (χ1v) is 13.5. The lowest BCUT2D eigenvalue weighted by molar-refractivity contribution is -0.142. The molecular weight excluding hydrogens is 474 g/mol. The van der Waals surface area contributed by atoms with E-state index in [2.05, 4.69) is 17.6 Å². The Morgan fingerprint density at radius 2 is 1.72 bits per heavy atom. The van der Waals surface area contributed by atoms with Crippen LogP contribution in [0.4, 0.5) is 5.69 Å². The number of fused-ring (bicyclic) bond motifs is 1. The average molecular weight is 508 g/mol. The highest BCUT2D eigenvalue weighted by molar-refractivity contribution is 8.02. The molecular formula is C28H33N3O4S. The highest BCUT2D eigenvalue weighted by atomic mass is 32.2. The van der Waals surface area contributed by atoms with Crippen LogP contribution in [0.1, 0.15) is 38.8 Å². The number of aliphatic hydroxyl groups excluding tert-OH is 1. The SMILES string of the molecule is CC(C)NC(=O)C1N([C@H](CO)c2ccccc2)C(=O)[C@@H]2[C@H](C(=O)Nc3ccccc3)[C@@H]3CC(C)C12S3. The van der Waals surface area contributed by atoms with Crippen molar-refractivity contribution in [3.63, 3.8) is 0 Å². The molecule has 0 saturated carbocycles. The number of aliphatic hydroxyl groups is 1. The Bertz CT molecular complexity index is 1140. The number of hydrogen-bond acceptors (Lipinski definition) is 5. The predicted octanol–water partition coefficient (Wildman–Crippen LogP) is 3.22. The number of carbonyl (C=O) groups excluding carboxylic acids is 3. The van der Waals surface area contributed by atoms with Crippen LogP contribution >= 0.6 is 11.8 Å². The maximum Gasteiger partial charge on any atom is 0.244 e. The number of rotatable bonds is 7. The maximum absolute atomic E-state index is 14.3. The molecule has 3 aliphatic heterocycles. The predicted molar refractivity (Wildman–Crippen MR) is 140 cm³/mol. The van der Waals surface area contributed by atoms with Crippen molar-refractivity contribution in [2.45, 2.75) is 55.3 Å². The number of thioether (sulfide) groups is 1. The smallest absolute Gasteiger partial charge is 0.244 e. The molecule has 2 aromatic rings. The summed E-state index contributed by atoms with van der Waals surface area (Å²) >= 11 is 1.63. The quantitative estimate of drug-likeness (QED) is 0.535. The zero-order valence-corrected chi connectivity index (χ0v) is 21.6. The number of benzene rings is 2. The van der Waals surface area contributed by atoms with Crippen molar-refractivity contribution in [3.8, 4) is 0 Å². The van der Waals surface area contributed by atoms with Gasteiger partial charge in [0.2, 0.25) is 17.7 Å². The minimum Gasteiger partial charge on any atom is -0.394 e. The van der Waals surface area contributed by atoms with Crippen LogP contribution in [0.3, 0.4) is 0 Å². The molecule has 7 nitrogen and oxygen atoms in total. The largest absolute Gasteiger partial charge is 0.394 e. The van der Waals surface area contributed by atoms with Gasteiger partial charge < -0.3 is 20.6 Å². The monoisotopic (exact) mass is 507 g/mol. The summed E-state index contributed by atoms with van der Waals surface area (Å²) in [5, 5.41) is 16.5. The normalized spacial score (nSPS) is 31.4. The first-order chi connectivity index (χ1) is 17.3. The summed E-state index contributed by atoms with van der Waals surface area (Å²) in [6.45, 7) is 5.57. The second-order valence-corrected chi connectivity index (χ2v) is 12.0. The highest BCUT2D eigenvalue weighted by Crippen LogP contribution is 2.69. The molecule has 3 N–H and O–H groups in total. The number of nitrogens with zero attached hydrogens (tertiary/aromatic N) is 1. The van der Waals surface area contributed by atoms with Gasteiger partial charge in [-0.1, -0.05) is 55.5 Å². The Morgan fingerprint density at radius 1 is 1.08 bits per heavy atom. The van der Waals surface area contributed by atoms with Crippen LogP contribution in [0.25, 0.3) is 0 Å². The summed E-state index contributed by atoms with van der Waals surface area (Å²) in [4.78, 5) is 43.3. The van der Waals surface area contributed by atoms with E-state index in [1.54, 1.807) is 16.7 Å². The lowest BCUT2D eigenvalue weighted by Crippen LogP contribution is -2.57. The Kier molecular flexibility index (Phi) is 6.59. The van der Waals surface area contributed by atoms with Crippen molar-refractivity contribution in [2.24, 2.45) is 17.8 Å². The fourth-order valence-corrected chi connectivity index (χ4v) is 8.94. The van der Waals surface area contributed by atoms with Gasteiger partial charge in [-0.25, -0.2) is 0 Å². The molecule has 5 rings (SSSR count). The number of anilines is 1.